The van der Waals surface area contributed by atoms with Gasteiger partial charge in [0.1, 0.15) is 0 Å². The van der Waals surface area contributed by atoms with Crippen molar-refractivity contribution in [3.63, 3.8) is 0 Å². The normalized spacial score (nSPS) is 14.9. The number of anilines is 1. The second kappa shape index (κ2) is 5.52. The minimum absolute atomic E-state index is 0.208. The minimum Gasteiger partial charge on any atom is -0.398 e. The molecule has 0 amide bonds. The van der Waals surface area contributed by atoms with E-state index in [2.05, 4.69) is 0 Å². The predicted molar refractivity (Wildman–Crippen MR) is 67.5 cm³/mol. The van der Waals surface area contributed by atoms with E-state index in [0.717, 1.165) is 12.0 Å². The zero-order valence-corrected chi connectivity index (χ0v) is 10.6. The van der Waals surface area contributed by atoms with Gasteiger partial charge in [-0.15, -0.1) is 0 Å². The lowest BCUT2D eigenvalue weighted by atomic mass is 10.2. The highest BCUT2D eigenvalue weighted by Crippen LogP contribution is 2.20. The van der Waals surface area contributed by atoms with Gasteiger partial charge in [0.05, 0.1) is 5.75 Å². The second-order valence-corrected chi connectivity index (χ2v) is 5.88. The van der Waals surface area contributed by atoms with Gasteiger partial charge in [-0.3, -0.25) is 4.21 Å². The Hall–Kier alpha value is -0.540. The summed E-state index contributed by atoms with van der Waals surface area (Å²) in [5, 5.41) is 0.825. The molecule has 0 aliphatic heterocycles. The third-order valence-electron chi connectivity index (χ3n) is 2.43. The third-order valence-corrected chi connectivity index (χ3v) is 4.49. The van der Waals surface area contributed by atoms with Crippen molar-refractivity contribution in [2.45, 2.75) is 31.3 Å². The summed E-state index contributed by atoms with van der Waals surface area (Å²) in [4.78, 5) is 0. The van der Waals surface area contributed by atoms with E-state index >= 15 is 0 Å². The quantitative estimate of drug-likeness (QED) is 0.829. The standard InChI is InChI=1S/C11H16ClNOS/c1-3-8(2)15(14)7-9-4-5-10(12)6-11(9)13/h4-6,8H,3,7,13H2,1-2H3. The Kier molecular flexibility index (Phi) is 4.61. The topological polar surface area (TPSA) is 43.1 Å². The molecule has 15 heavy (non-hydrogen) atoms. The van der Waals surface area contributed by atoms with Crippen molar-refractivity contribution in [2.75, 3.05) is 5.73 Å². The molecule has 1 rings (SSSR count). The van der Waals surface area contributed by atoms with Crippen LogP contribution in [0.25, 0.3) is 0 Å². The first-order valence-corrected chi connectivity index (χ1v) is 6.71. The molecule has 0 heterocycles. The van der Waals surface area contributed by atoms with Gasteiger partial charge in [-0.1, -0.05) is 31.5 Å². The van der Waals surface area contributed by atoms with Gasteiger partial charge in [0.2, 0.25) is 0 Å². The smallest absolute Gasteiger partial charge is 0.0508 e. The second-order valence-electron chi connectivity index (χ2n) is 3.59. The minimum atomic E-state index is -0.856. The first-order valence-electron chi connectivity index (χ1n) is 4.95. The van der Waals surface area contributed by atoms with Crippen molar-refractivity contribution in [1.29, 1.82) is 0 Å². The average Bonchev–Trinajstić information content (AvgIpc) is 2.20. The summed E-state index contributed by atoms with van der Waals surface area (Å²) in [6.07, 6.45) is 0.917. The first-order chi connectivity index (χ1) is 7.04. The Morgan fingerprint density at radius 1 is 1.53 bits per heavy atom. The molecule has 0 aromatic heterocycles. The third kappa shape index (κ3) is 3.50. The van der Waals surface area contributed by atoms with E-state index < -0.39 is 10.8 Å². The van der Waals surface area contributed by atoms with Gasteiger partial charge in [0, 0.05) is 26.8 Å². The lowest BCUT2D eigenvalue weighted by Crippen LogP contribution is -2.12. The Balaban J connectivity index is 2.77. The van der Waals surface area contributed by atoms with Crippen LogP contribution in [0.15, 0.2) is 18.2 Å². The van der Waals surface area contributed by atoms with Crippen LogP contribution in [-0.4, -0.2) is 9.46 Å². The van der Waals surface area contributed by atoms with E-state index in [4.69, 9.17) is 17.3 Å². The Labute approximate surface area is 98.3 Å². The Morgan fingerprint density at radius 2 is 2.20 bits per heavy atom. The van der Waals surface area contributed by atoms with Crippen LogP contribution in [0.2, 0.25) is 5.02 Å². The summed E-state index contributed by atoms with van der Waals surface area (Å²) in [6.45, 7) is 4.02. The molecule has 4 heteroatoms. The fourth-order valence-corrected chi connectivity index (χ4v) is 2.58. The molecular formula is C11H16ClNOS. The van der Waals surface area contributed by atoms with Crippen LogP contribution in [0.1, 0.15) is 25.8 Å². The highest BCUT2D eigenvalue weighted by atomic mass is 35.5. The number of halogens is 1. The molecule has 2 atom stereocenters. The monoisotopic (exact) mass is 245 g/mol. The molecule has 0 aliphatic rings. The molecule has 0 aliphatic carbocycles. The van der Waals surface area contributed by atoms with Crippen LogP contribution in [0, 0.1) is 0 Å². The van der Waals surface area contributed by atoms with Gasteiger partial charge in [-0.2, -0.15) is 0 Å². The molecule has 2 N–H and O–H groups in total. The first kappa shape index (κ1) is 12.5. The summed E-state index contributed by atoms with van der Waals surface area (Å²) in [5.41, 5.74) is 7.33. The SMILES string of the molecule is CCC(C)S(=O)Cc1ccc(Cl)cc1N. The predicted octanol–water partition coefficient (Wildman–Crippen LogP) is 2.97. The highest BCUT2D eigenvalue weighted by molar-refractivity contribution is 7.84. The molecule has 0 radical (unpaired) electrons. The number of rotatable bonds is 4. The highest BCUT2D eigenvalue weighted by Gasteiger charge is 2.11. The Morgan fingerprint density at radius 3 is 2.73 bits per heavy atom. The van der Waals surface area contributed by atoms with Crippen molar-refractivity contribution < 1.29 is 4.21 Å². The maximum Gasteiger partial charge on any atom is 0.0508 e. The molecule has 2 nitrogen and oxygen atoms in total. The van der Waals surface area contributed by atoms with Crippen LogP contribution >= 0.6 is 11.6 Å². The fourth-order valence-electron chi connectivity index (χ4n) is 1.18. The molecule has 0 saturated heterocycles. The van der Waals surface area contributed by atoms with E-state index in [1.165, 1.54) is 0 Å². The molecule has 1 aromatic rings. The molecule has 0 bridgehead atoms. The zero-order valence-electron chi connectivity index (χ0n) is 9.00. The molecule has 0 saturated carbocycles. The number of hydrogen-bond acceptors (Lipinski definition) is 2. The summed E-state index contributed by atoms with van der Waals surface area (Å²) < 4.78 is 11.8. The number of benzene rings is 1. The van der Waals surface area contributed by atoms with Gasteiger partial charge >= 0.3 is 0 Å². The molecular weight excluding hydrogens is 230 g/mol. The van der Waals surface area contributed by atoms with Gasteiger partial charge in [0.25, 0.3) is 0 Å². The molecule has 2 unspecified atom stereocenters. The van der Waals surface area contributed by atoms with Gasteiger partial charge in [0.15, 0.2) is 0 Å². The van der Waals surface area contributed by atoms with E-state index in [-0.39, 0.29) is 5.25 Å². The van der Waals surface area contributed by atoms with E-state index in [9.17, 15) is 4.21 Å². The lowest BCUT2D eigenvalue weighted by molar-refractivity contribution is 0.670. The largest absolute Gasteiger partial charge is 0.398 e. The Bertz CT molecular complexity index is 368. The van der Waals surface area contributed by atoms with Crippen molar-refractivity contribution >= 4 is 28.1 Å². The lowest BCUT2D eigenvalue weighted by Gasteiger charge is -2.10. The molecule has 84 valence electrons. The summed E-state index contributed by atoms with van der Waals surface area (Å²) >= 11 is 5.79. The summed E-state index contributed by atoms with van der Waals surface area (Å²) in [5.74, 6) is 0.512. The summed E-state index contributed by atoms with van der Waals surface area (Å²) in [6, 6.07) is 5.32. The number of nitrogen functional groups attached to an aromatic ring is 1. The van der Waals surface area contributed by atoms with Crippen molar-refractivity contribution in [3.05, 3.63) is 28.8 Å². The van der Waals surface area contributed by atoms with Crippen LogP contribution in [0.5, 0.6) is 0 Å². The molecule has 1 aromatic carbocycles. The van der Waals surface area contributed by atoms with Crippen molar-refractivity contribution in [3.8, 4) is 0 Å². The maximum atomic E-state index is 11.8. The molecule has 0 fully saturated rings. The van der Waals surface area contributed by atoms with E-state index in [1.54, 1.807) is 12.1 Å². The molecule has 0 spiro atoms. The summed E-state index contributed by atoms with van der Waals surface area (Å²) in [7, 11) is -0.856. The zero-order chi connectivity index (χ0) is 11.4. The number of nitrogens with two attached hydrogens (primary N) is 1. The fraction of sp³-hybridized carbons (Fsp3) is 0.455. The van der Waals surface area contributed by atoms with E-state index in [1.807, 2.05) is 19.9 Å². The van der Waals surface area contributed by atoms with Crippen LogP contribution < -0.4 is 5.73 Å². The van der Waals surface area contributed by atoms with Crippen LogP contribution in [-0.2, 0) is 16.6 Å². The van der Waals surface area contributed by atoms with E-state index in [0.29, 0.717) is 16.5 Å². The van der Waals surface area contributed by atoms with Crippen LogP contribution in [0.4, 0.5) is 5.69 Å². The average molecular weight is 246 g/mol. The van der Waals surface area contributed by atoms with Gasteiger partial charge < -0.3 is 5.73 Å². The van der Waals surface area contributed by atoms with Crippen LogP contribution in [0.3, 0.4) is 0 Å². The van der Waals surface area contributed by atoms with Crippen molar-refractivity contribution in [1.82, 2.24) is 0 Å². The number of hydrogen-bond donors (Lipinski definition) is 1. The van der Waals surface area contributed by atoms with Gasteiger partial charge in [-0.05, 0) is 24.1 Å². The maximum absolute atomic E-state index is 11.8. The van der Waals surface area contributed by atoms with Crippen molar-refractivity contribution in [2.24, 2.45) is 0 Å². The van der Waals surface area contributed by atoms with Gasteiger partial charge in [-0.25, -0.2) is 0 Å².